The van der Waals surface area contributed by atoms with Gasteiger partial charge >= 0.3 is 0 Å². The van der Waals surface area contributed by atoms with E-state index in [0.29, 0.717) is 12.3 Å². The molecule has 124 valence electrons. The lowest BCUT2D eigenvalue weighted by Gasteiger charge is -2.38. The van der Waals surface area contributed by atoms with Crippen LogP contribution >= 0.6 is 0 Å². The number of nitrogens with one attached hydrogen (secondary N) is 1. The Morgan fingerprint density at radius 3 is 2.87 bits per heavy atom. The van der Waals surface area contributed by atoms with Crippen molar-refractivity contribution in [1.29, 1.82) is 0 Å². The van der Waals surface area contributed by atoms with Crippen molar-refractivity contribution < 1.29 is 5.11 Å². The minimum absolute atomic E-state index is 0.561. The summed E-state index contributed by atoms with van der Waals surface area (Å²) in [5.41, 5.74) is 0.392. The molecule has 2 aliphatic rings. The van der Waals surface area contributed by atoms with Crippen LogP contribution in [0.3, 0.4) is 0 Å². The van der Waals surface area contributed by atoms with Gasteiger partial charge in [0.25, 0.3) is 5.78 Å². The zero-order valence-electron chi connectivity index (χ0n) is 13.4. The van der Waals surface area contributed by atoms with Crippen molar-refractivity contribution in [3.05, 3.63) is 18.1 Å². The van der Waals surface area contributed by atoms with E-state index in [1.54, 1.807) is 10.8 Å². The van der Waals surface area contributed by atoms with Gasteiger partial charge in [0, 0.05) is 51.0 Å². The number of hydrogen-bond donors (Lipinski definition) is 2. The van der Waals surface area contributed by atoms with E-state index >= 15 is 0 Å². The molecule has 2 aromatic rings. The van der Waals surface area contributed by atoms with Gasteiger partial charge in [-0.05, 0) is 19.9 Å². The number of aryl methyl sites for hydroxylation is 1. The van der Waals surface area contributed by atoms with Crippen LogP contribution in [0, 0.1) is 6.92 Å². The predicted molar refractivity (Wildman–Crippen MR) is 86.6 cm³/mol. The lowest BCUT2D eigenvalue weighted by atomic mass is 10.0. The number of rotatable bonds is 3. The number of aliphatic hydroxyl groups is 1. The number of fused-ring (bicyclic) bond motifs is 1. The molecule has 4 heterocycles. The fraction of sp³-hybridized carbons (Fsp3) is 0.667. The first kappa shape index (κ1) is 14.8. The first-order valence-electron chi connectivity index (χ1n) is 8.21. The highest BCUT2D eigenvalue weighted by molar-refractivity contribution is 5.47. The summed E-state index contributed by atoms with van der Waals surface area (Å²) in [5.74, 6) is 1.69. The maximum absolute atomic E-state index is 10.5. The van der Waals surface area contributed by atoms with Gasteiger partial charge in [0.1, 0.15) is 12.1 Å². The Labute approximate surface area is 135 Å². The molecule has 2 aliphatic heterocycles. The number of β-amino-alcohol motifs (C(OH)–C–C–N with tert-alkyl or cyclic N) is 1. The highest BCUT2D eigenvalue weighted by Gasteiger charge is 2.34. The van der Waals surface area contributed by atoms with Crippen LogP contribution in [0.4, 0.5) is 5.82 Å². The fourth-order valence-electron chi connectivity index (χ4n) is 3.55. The molecule has 8 heteroatoms. The third-order valence-electron chi connectivity index (χ3n) is 4.80. The third-order valence-corrected chi connectivity index (χ3v) is 4.80. The third kappa shape index (κ3) is 2.89. The summed E-state index contributed by atoms with van der Waals surface area (Å²) < 4.78 is 1.80. The Morgan fingerprint density at radius 2 is 2.13 bits per heavy atom. The molecule has 0 aliphatic carbocycles. The Hall–Kier alpha value is -1.77. The summed E-state index contributed by atoms with van der Waals surface area (Å²) in [6.45, 7) is 8.08. The highest BCUT2D eigenvalue weighted by Crippen LogP contribution is 2.20. The Bertz CT molecular complexity index is 686. The van der Waals surface area contributed by atoms with Gasteiger partial charge in [0.15, 0.2) is 0 Å². The molecule has 0 amide bonds. The van der Waals surface area contributed by atoms with Gasteiger partial charge in [-0.3, -0.25) is 4.90 Å². The molecule has 8 nitrogen and oxygen atoms in total. The minimum Gasteiger partial charge on any atom is -0.387 e. The van der Waals surface area contributed by atoms with Crippen molar-refractivity contribution in [2.24, 2.45) is 0 Å². The number of anilines is 1. The first-order valence-corrected chi connectivity index (χ1v) is 8.21. The molecule has 1 atom stereocenters. The van der Waals surface area contributed by atoms with E-state index in [2.05, 4.69) is 36.2 Å². The maximum atomic E-state index is 10.5. The highest BCUT2D eigenvalue weighted by atomic mass is 16.3. The fourth-order valence-corrected chi connectivity index (χ4v) is 3.55. The van der Waals surface area contributed by atoms with E-state index in [-0.39, 0.29) is 0 Å². The molecule has 4 rings (SSSR count). The van der Waals surface area contributed by atoms with Gasteiger partial charge in [-0.15, -0.1) is 0 Å². The van der Waals surface area contributed by atoms with Crippen molar-refractivity contribution in [1.82, 2.24) is 29.8 Å². The second kappa shape index (κ2) is 5.70. The molecular weight excluding hydrogens is 294 g/mol. The summed E-state index contributed by atoms with van der Waals surface area (Å²) in [7, 11) is 0. The summed E-state index contributed by atoms with van der Waals surface area (Å²) >= 11 is 0. The van der Waals surface area contributed by atoms with Crippen molar-refractivity contribution >= 4 is 11.6 Å². The van der Waals surface area contributed by atoms with E-state index in [0.717, 1.165) is 57.2 Å². The van der Waals surface area contributed by atoms with Crippen molar-refractivity contribution in [3.63, 3.8) is 0 Å². The minimum atomic E-state index is -0.561. The van der Waals surface area contributed by atoms with Gasteiger partial charge in [0.2, 0.25) is 0 Å². The van der Waals surface area contributed by atoms with Crippen molar-refractivity contribution in [2.45, 2.75) is 18.9 Å². The normalized spacial score (nSPS) is 26.3. The molecule has 23 heavy (non-hydrogen) atoms. The second-order valence-corrected chi connectivity index (χ2v) is 6.64. The average Bonchev–Trinajstić information content (AvgIpc) is 3.16. The lowest BCUT2D eigenvalue weighted by molar-refractivity contribution is 0.0193. The first-order chi connectivity index (χ1) is 11.1. The molecule has 0 aromatic carbocycles. The van der Waals surface area contributed by atoms with Crippen LogP contribution in [0.5, 0.6) is 0 Å². The van der Waals surface area contributed by atoms with Crippen LogP contribution < -0.4 is 10.2 Å². The zero-order chi connectivity index (χ0) is 15.9. The smallest absolute Gasteiger partial charge is 0.254 e. The number of nitrogens with zero attached hydrogens (tertiary/aromatic N) is 6. The van der Waals surface area contributed by atoms with Crippen molar-refractivity contribution in [2.75, 3.05) is 50.7 Å². The summed E-state index contributed by atoms with van der Waals surface area (Å²) in [5, 5.41) is 18.1. The van der Waals surface area contributed by atoms with Crippen LogP contribution in [0.1, 0.15) is 12.1 Å². The average molecular weight is 317 g/mol. The van der Waals surface area contributed by atoms with Crippen LogP contribution in [0.2, 0.25) is 0 Å². The van der Waals surface area contributed by atoms with Gasteiger partial charge in [-0.25, -0.2) is 4.98 Å². The number of hydrogen-bond acceptors (Lipinski definition) is 7. The van der Waals surface area contributed by atoms with Gasteiger partial charge in [-0.1, -0.05) is 0 Å². The van der Waals surface area contributed by atoms with Gasteiger partial charge in [0.05, 0.1) is 5.60 Å². The molecule has 2 saturated heterocycles. The topological polar surface area (TPSA) is 81.8 Å². The van der Waals surface area contributed by atoms with E-state index in [1.807, 2.05) is 6.92 Å². The molecular formula is C15H23N7O. The van der Waals surface area contributed by atoms with E-state index in [1.165, 1.54) is 0 Å². The predicted octanol–water partition coefficient (Wildman–Crippen LogP) is -0.721. The molecule has 0 bridgehead atoms. The van der Waals surface area contributed by atoms with Crippen LogP contribution in [0.25, 0.3) is 5.78 Å². The monoisotopic (exact) mass is 317 g/mol. The van der Waals surface area contributed by atoms with Crippen molar-refractivity contribution in [3.8, 4) is 0 Å². The van der Waals surface area contributed by atoms with E-state index < -0.39 is 5.60 Å². The number of aromatic nitrogens is 4. The molecule has 0 spiro atoms. The molecule has 2 N–H and O–H groups in total. The molecule has 0 saturated carbocycles. The second-order valence-electron chi connectivity index (χ2n) is 6.64. The summed E-state index contributed by atoms with van der Waals surface area (Å²) in [6.07, 6.45) is 2.39. The molecule has 2 fully saturated rings. The van der Waals surface area contributed by atoms with Gasteiger partial charge in [-0.2, -0.15) is 14.6 Å². The summed E-state index contributed by atoms with van der Waals surface area (Å²) in [4.78, 5) is 13.3. The molecule has 0 unspecified atom stereocenters. The Morgan fingerprint density at radius 1 is 1.30 bits per heavy atom. The van der Waals surface area contributed by atoms with Crippen LogP contribution in [0.15, 0.2) is 12.4 Å². The van der Waals surface area contributed by atoms with Crippen LogP contribution in [-0.2, 0) is 0 Å². The van der Waals surface area contributed by atoms with E-state index in [4.69, 9.17) is 0 Å². The largest absolute Gasteiger partial charge is 0.387 e. The lowest BCUT2D eigenvalue weighted by Crippen LogP contribution is -2.53. The van der Waals surface area contributed by atoms with E-state index in [9.17, 15) is 5.11 Å². The van der Waals surface area contributed by atoms with Gasteiger partial charge < -0.3 is 15.3 Å². The SMILES string of the molecule is Cc1cc(N2CCN(C[C@]3(O)CCNC3)CC2)n2ncnc2n1. The quantitative estimate of drug-likeness (QED) is 0.773. The molecule has 0 radical (unpaired) electrons. The Balaban J connectivity index is 1.45. The maximum Gasteiger partial charge on any atom is 0.254 e. The number of piperazine rings is 1. The standard InChI is InChI=1S/C15H23N7O/c1-12-8-13(22-14(19-12)17-11-18-22)21-6-4-20(5-7-21)10-15(23)2-3-16-9-15/h8,11,16,23H,2-7,9-10H2,1H3/t15-/m0/s1. The Kier molecular flexibility index (Phi) is 3.67. The van der Waals surface area contributed by atoms with Crippen LogP contribution in [-0.4, -0.2) is 81.0 Å². The zero-order valence-corrected chi connectivity index (χ0v) is 13.4. The summed E-state index contributed by atoms with van der Waals surface area (Å²) in [6, 6.07) is 2.06. The molecule has 2 aromatic heterocycles.